The standard InChI is InChI=1S/C16H17F3N2/c17-16(18,19)15(21-11-10-20)14-8-6-13(7-9-14)12-4-2-1-3-5-12/h1-9,15,21H,10-11,20H2. The molecule has 0 spiro atoms. The van der Waals surface area contributed by atoms with Gasteiger partial charge in [0.05, 0.1) is 0 Å². The smallest absolute Gasteiger partial charge is 0.329 e. The highest BCUT2D eigenvalue weighted by Gasteiger charge is 2.40. The first kappa shape index (κ1) is 15.5. The molecule has 2 nitrogen and oxygen atoms in total. The molecule has 5 heteroatoms. The van der Waals surface area contributed by atoms with E-state index in [0.717, 1.165) is 11.1 Å². The fraction of sp³-hybridized carbons (Fsp3) is 0.250. The number of hydrogen-bond acceptors (Lipinski definition) is 2. The van der Waals surface area contributed by atoms with Crippen LogP contribution in [0.25, 0.3) is 11.1 Å². The summed E-state index contributed by atoms with van der Waals surface area (Å²) in [5.41, 5.74) is 7.32. The second kappa shape index (κ2) is 6.74. The Morgan fingerprint density at radius 3 is 2.00 bits per heavy atom. The van der Waals surface area contributed by atoms with E-state index in [-0.39, 0.29) is 18.7 Å². The van der Waals surface area contributed by atoms with Crippen LogP contribution >= 0.6 is 0 Å². The van der Waals surface area contributed by atoms with E-state index in [1.165, 1.54) is 12.1 Å². The van der Waals surface area contributed by atoms with Gasteiger partial charge in [-0.3, -0.25) is 0 Å². The molecular formula is C16H17F3N2. The van der Waals surface area contributed by atoms with Gasteiger partial charge < -0.3 is 11.1 Å². The normalized spacial score (nSPS) is 13.1. The van der Waals surface area contributed by atoms with Crippen molar-refractivity contribution in [3.05, 3.63) is 60.2 Å². The van der Waals surface area contributed by atoms with Crippen molar-refractivity contribution >= 4 is 0 Å². The quantitative estimate of drug-likeness (QED) is 0.885. The maximum Gasteiger partial charge on any atom is 0.407 e. The lowest BCUT2D eigenvalue weighted by atomic mass is 10.0. The molecule has 112 valence electrons. The number of benzene rings is 2. The fourth-order valence-corrected chi connectivity index (χ4v) is 2.15. The molecule has 0 aromatic heterocycles. The zero-order chi connectivity index (χ0) is 15.3. The van der Waals surface area contributed by atoms with E-state index in [1.54, 1.807) is 12.1 Å². The first-order chi connectivity index (χ1) is 10.0. The average Bonchev–Trinajstić information content (AvgIpc) is 2.48. The molecule has 2 aromatic carbocycles. The molecule has 0 bridgehead atoms. The minimum absolute atomic E-state index is 0.116. The van der Waals surface area contributed by atoms with Crippen LogP contribution in [0.2, 0.25) is 0 Å². The van der Waals surface area contributed by atoms with Gasteiger partial charge in [-0.25, -0.2) is 0 Å². The Balaban J connectivity index is 2.23. The SMILES string of the molecule is NCCNC(c1ccc(-c2ccccc2)cc1)C(F)(F)F. The minimum atomic E-state index is -4.34. The van der Waals surface area contributed by atoms with Crippen molar-refractivity contribution in [2.75, 3.05) is 13.1 Å². The van der Waals surface area contributed by atoms with Crippen molar-refractivity contribution in [2.45, 2.75) is 12.2 Å². The third kappa shape index (κ3) is 4.06. The summed E-state index contributed by atoms with van der Waals surface area (Å²) in [5.74, 6) is 0. The number of hydrogen-bond donors (Lipinski definition) is 2. The lowest BCUT2D eigenvalue weighted by Crippen LogP contribution is -2.36. The second-order valence-corrected chi connectivity index (χ2v) is 4.71. The van der Waals surface area contributed by atoms with Crippen LogP contribution in [-0.4, -0.2) is 19.3 Å². The van der Waals surface area contributed by atoms with Crippen molar-refractivity contribution in [2.24, 2.45) is 5.73 Å². The van der Waals surface area contributed by atoms with Crippen LogP contribution in [0.3, 0.4) is 0 Å². The van der Waals surface area contributed by atoms with Gasteiger partial charge in [-0.2, -0.15) is 13.2 Å². The predicted molar refractivity (Wildman–Crippen MR) is 77.7 cm³/mol. The van der Waals surface area contributed by atoms with E-state index >= 15 is 0 Å². The summed E-state index contributed by atoms with van der Waals surface area (Å²) in [6, 6.07) is 14.2. The lowest BCUT2D eigenvalue weighted by molar-refractivity contribution is -0.157. The molecule has 2 aromatic rings. The molecule has 0 saturated carbocycles. The topological polar surface area (TPSA) is 38.0 Å². The Bertz CT molecular complexity index is 550. The van der Waals surface area contributed by atoms with E-state index in [4.69, 9.17) is 5.73 Å². The Hall–Kier alpha value is -1.85. The van der Waals surface area contributed by atoms with Crippen LogP contribution in [-0.2, 0) is 0 Å². The highest BCUT2D eigenvalue weighted by molar-refractivity contribution is 5.63. The summed E-state index contributed by atoms with van der Waals surface area (Å²) in [6.45, 7) is 0.277. The monoisotopic (exact) mass is 294 g/mol. The lowest BCUT2D eigenvalue weighted by Gasteiger charge is -2.22. The summed E-state index contributed by atoms with van der Waals surface area (Å²) in [5, 5.41) is 2.43. The third-order valence-electron chi connectivity index (χ3n) is 3.17. The number of nitrogens with two attached hydrogens (primary N) is 1. The van der Waals surface area contributed by atoms with Crippen molar-refractivity contribution in [1.82, 2.24) is 5.32 Å². The number of rotatable bonds is 5. The number of nitrogens with one attached hydrogen (secondary N) is 1. The molecule has 0 aliphatic carbocycles. The molecule has 0 saturated heterocycles. The molecule has 0 heterocycles. The predicted octanol–water partition coefficient (Wildman–Crippen LogP) is 3.51. The van der Waals surface area contributed by atoms with E-state index < -0.39 is 12.2 Å². The van der Waals surface area contributed by atoms with E-state index in [0.29, 0.717) is 0 Å². The van der Waals surface area contributed by atoms with Crippen LogP contribution in [0.15, 0.2) is 54.6 Å². The molecular weight excluding hydrogens is 277 g/mol. The van der Waals surface area contributed by atoms with Crippen molar-refractivity contribution in [1.29, 1.82) is 0 Å². The van der Waals surface area contributed by atoms with Crippen molar-refractivity contribution < 1.29 is 13.2 Å². The van der Waals surface area contributed by atoms with Gasteiger partial charge in [0.25, 0.3) is 0 Å². The Morgan fingerprint density at radius 1 is 0.905 bits per heavy atom. The highest BCUT2D eigenvalue weighted by Crippen LogP contribution is 2.33. The Kier molecular flexibility index (Phi) is 4.98. The summed E-state index contributed by atoms with van der Waals surface area (Å²) >= 11 is 0. The van der Waals surface area contributed by atoms with Gasteiger partial charge in [0.2, 0.25) is 0 Å². The van der Waals surface area contributed by atoms with Crippen molar-refractivity contribution in [3.8, 4) is 11.1 Å². The summed E-state index contributed by atoms with van der Waals surface area (Å²) < 4.78 is 39.1. The molecule has 21 heavy (non-hydrogen) atoms. The van der Waals surface area contributed by atoms with Gasteiger partial charge in [-0.05, 0) is 16.7 Å². The van der Waals surface area contributed by atoms with Crippen molar-refractivity contribution in [3.63, 3.8) is 0 Å². The van der Waals surface area contributed by atoms with E-state index in [1.807, 2.05) is 30.3 Å². The summed E-state index contributed by atoms with van der Waals surface area (Å²) in [7, 11) is 0. The van der Waals surface area contributed by atoms with E-state index in [9.17, 15) is 13.2 Å². The summed E-state index contributed by atoms with van der Waals surface area (Å²) in [6.07, 6.45) is -4.34. The zero-order valence-electron chi connectivity index (χ0n) is 11.4. The first-order valence-corrected chi connectivity index (χ1v) is 6.68. The van der Waals surface area contributed by atoms with Gasteiger partial charge in [0.1, 0.15) is 6.04 Å². The Morgan fingerprint density at radius 2 is 1.48 bits per heavy atom. The molecule has 0 aliphatic rings. The molecule has 1 atom stereocenters. The number of halogens is 3. The van der Waals surface area contributed by atoms with Gasteiger partial charge >= 0.3 is 6.18 Å². The second-order valence-electron chi connectivity index (χ2n) is 4.71. The fourth-order valence-electron chi connectivity index (χ4n) is 2.15. The van der Waals surface area contributed by atoms with Crippen LogP contribution in [0.4, 0.5) is 13.2 Å². The maximum atomic E-state index is 13.0. The molecule has 0 aliphatic heterocycles. The molecule has 0 fully saturated rings. The van der Waals surface area contributed by atoms with Crippen LogP contribution in [0.5, 0.6) is 0 Å². The highest BCUT2D eigenvalue weighted by atomic mass is 19.4. The first-order valence-electron chi connectivity index (χ1n) is 6.68. The van der Waals surface area contributed by atoms with Crippen LogP contribution < -0.4 is 11.1 Å². The number of alkyl halides is 3. The maximum absolute atomic E-state index is 13.0. The van der Waals surface area contributed by atoms with Gasteiger partial charge in [0.15, 0.2) is 0 Å². The van der Waals surface area contributed by atoms with Gasteiger partial charge in [0, 0.05) is 13.1 Å². The molecule has 0 radical (unpaired) electrons. The van der Waals surface area contributed by atoms with Crippen LogP contribution in [0, 0.1) is 0 Å². The van der Waals surface area contributed by atoms with Gasteiger partial charge in [-0.15, -0.1) is 0 Å². The summed E-state index contributed by atoms with van der Waals surface area (Å²) in [4.78, 5) is 0. The minimum Gasteiger partial charge on any atom is -0.329 e. The average molecular weight is 294 g/mol. The largest absolute Gasteiger partial charge is 0.407 e. The molecule has 3 N–H and O–H groups in total. The Labute approximate surface area is 121 Å². The molecule has 2 rings (SSSR count). The molecule has 0 amide bonds. The van der Waals surface area contributed by atoms with Crippen LogP contribution in [0.1, 0.15) is 11.6 Å². The van der Waals surface area contributed by atoms with Gasteiger partial charge in [-0.1, -0.05) is 54.6 Å². The third-order valence-corrected chi connectivity index (χ3v) is 3.17. The zero-order valence-corrected chi connectivity index (χ0v) is 11.4. The molecule has 1 unspecified atom stereocenters. The van der Waals surface area contributed by atoms with E-state index in [2.05, 4.69) is 5.32 Å².